The van der Waals surface area contributed by atoms with E-state index in [9.17, 15) is 12.8 Å². The summed E-state index contributed by atoms with van der Waals surface area (Å²) >= 11 is 0. The molecule has 3 aromatic rings. The molecule has 0 spiro atoms. The first-order valence-corrected chi connectivity index (χ1v) is 12.3. The second kappa shape index (κ2) is 8.51. The topological polar surface area (TPSA) is 84.2 Å². The molecule has 1 aromatic carbocycles. The van der Waals surface area contributed by atoms with Crippen LogP contribution in [-0.4, -0.2) is 64.9 Å². The lowest BCUT2D eigenvalue weighted by molar-refractivity contribution is 0.437. The van der Waals surface area contributed by atoms with Crippen molar-refractivity contribution in [3.05, 3.63) is 41.6 Å². The summed E-state index contributed by atoms with van der Waals surface area (Å²) in [5.74, 6) is 1.20. The maximum Gasteiger partial charge on any atom is 0.211 e. The van der Waals surface area contributed by atoms with E-state index in [0.717, 1.165) is 41.3 Å². The van der Waals surface area contributed by atoms with Crippen LogP contribution in [0.4, 0.5) is 10.2 Å². The average Bonchev–Trinajstić information content (AvgIpc) is 2.90. The third kappa shape index (κ3) is 4.40. The first kappa shape index (κ1) is 21.6. The minimum Gasteiger partial charge on any atom is -0.355 e. The molecule has 1 aliphatic heterocycles. The molecule has 0 unspecified atom stereocenters. The summed E-state index contributed by atoms with van der Waals surface area (Å²) in [7, 11) is -3.23. The Hall–Kier alpha value is -2.59. The van der Waals surface area contributed by atoms with E-state index < -0.39 is 10.0 Å². The van der Waals surface area contributed by atoms with Gasteiger partial charge in [0.1, 0.15) is 17.5 Å². The molecule has 1 aliphatic rings. The third-order valence-electron chi connectivity index (χ3n) is 5.50. The summed E-state index contributed by atoms with van der Waals surface area (Å²) in [5, 5.41) is 5.53. The summed E-state index contributed by atoms with van der Waals surface area (Å²) in [6.07, 6.45) is 3.59. The van der Waals surface area contributed by atoms with Gasteiger partial charge in [0, 0.05) is 32.6 Å². The van der Waals surface area contributed by atoms with E-state index >= 15 is 0 Å². The Balaban J connectivity index is 1.82. The SMILES string of the molecule is CCCc1nc(N2CCCN(S(C)(=O)=O)CC2)c2c(C)nn(-c3ccc(F)cc3)c2n1. The van der Waals surface area contributed by atoms with Gasteiger partial charge in [-0.15, -0.1) is 0 Å². The molecule has 3 heterocycles. The second-order valence-corrected chi connectivity index (χ2v) is 9.87. The Kier molecular flexibility index (Phi) is 5.94. The molecular weight excluding hydrogens is 419 g/mol. The molecule has 166 valence electrons. The van der Waals surface area contributed by atoms with Crippen molar-refractivity contribution >= 4 is 26.9 Å². The largest absolute Gasteiger partial charge is 0.355 e. The standard InChI is InChI=1S/C21H27FN6O2S/c1-4-6-18-23-20(26-11-5-12-27(14-13-26)31(3,29)30)19-15(2)25-28(21(19)24-18)17-9-7-16(22)8-10-17/h7-10H,4-6,11-14H2,1-3H3. The predicted molar refractivity (Wildman–Crippen MR) is 119 cm³/mol. The quantitative estimate of drug-likeness (QED) is 0.599. The van der Waals surface area contributed by atoms with Crippen LogP contribution in [0.1, 0.15) is 31.3 Å². The van der Waals surface area contributed by atoms with Gasteiger partial charge in [-0.1, -0.05) is 6.92 Å². The van der Waals surface area contributed by atoms with Crippen molar-refractivity contribution in [1.82, 2.24) is 24.1 Å². The maximum absolute atomic E-state index is 13.4. The zero-order chi connectivity index (χ0) is 22.2. The highest BCUT2D eigenvalue weighted by Gasteiger charge is 2.26. The summed E-state index contributed by atoms with van der Waals surface area (Å²) in [5.41, 5.74) is 2.19. The molecule has 1 fully saturated rings. The van der Waals surface area contributed by atoms with E-state index in [1.165, 1.54) is 22.7 Å². The summed E-state index contributed by atoms with van der Waals surface area (Å²) in [6, 6.07) is 6.17. The molecule has 8 nitrogen and oxygen atoms in total. The monoisotopic (exact) mass is 446 g/mol. The molecule has 0 radical (unpaired) electrons. The predicted octanol–water partition coefficient (Wildman–Crippen LogP) is 2.69. The minimum atomic E-state index is -3.23. The van der Waals surface area contributed by atoms with Gasteiger partial charge < -0.3 is 4.90 Å². The normalized spacial score (nSPS) is 16.1. The highest BCUT2D eigenvalue weighted by Crippen LogP contribution is 2.30. The molecule has 0 aliphatic carbocycles. The first-order chi connectivity index (χ1) is 14.8. The van der Waals surface area contributed by atoms with Crippen molar-refractivity contribution in [3.8, 4) is 5.69 Å². The van der Waals surface area contributed by atoms with Crippen LogP contribution in [0.25, 0.3) is 16.7 Å². The summed E-state index contributed by atoms with van der Waals surface area (Å²) in [6.45, 7) is 6.15. The Morgan fingerprint density at radius 1 is 1.06 bits per heavy atom. The van der Waals surface area contributed by atoms with Gasteiger partial charge in [0.2, 0.25) is 10.0 Å². The zero-order valence-electron chi connectivity index (χ0n) is 18.0. The lowest BCUT2D eigenvalue weighted by atomic mass is 10.2. The first-order valence-electron chi connectivity index (χ1n) is 10.5. The molecule has 1 saturated heterocycles. The fraction of sp³-hybridized carbons (Fsp3) is 0.476. The number of fused-ring (bicyclic) bond motifs is 1. The van der Waals surface area contributed by atoms with Crippen molar-refractivity contribution in [2.24, 2.45) is 0 Å². The number of halogens is 1. The number of rotatable bonds is 5. The average molecular weight is 447 g/mol. The zero-order valence-corrected chi connectivity index (χ0v) is 18.9. The van der Waals surface area contributed by atoms with Crippen LogP contribution in [0.5, 0.6) is 0 Å². The molecule has 0 atom stereocenters. The number of sulfonamides is 1. The maximum atomic E-state index is 13.4. The summed E-state index contributed by atoms with van der Waals surface area (Å²) in [4.78, 5) is 11.8. The molecular formula is C21H27FN6O2S. The fourth-order valence-corrected chi connectivity index (χ4v) is 4.84. The van der Waals surface area contributed by atoms with E-state index in [0.29, 0.717) is 38.2 Å². The highest BCUT2D eigenvalue weighted by atomic mass is 32.2. The number of benzene rings is 1. The van der Waals surface area contributed by atoms with Gasteiger partial charge in [-0.3, -0.25) is 0 Å². The van der Waals surface area contributed by atoms with Crippen molar-refractivity contribution in [2.75, 3.05) is 37.3 Å². The molecule has 2 aromatic heterocycles. The number of aryl methyl sites for hydroxylation is 2. The molecule has 10 heteroatoms. The van der Waals surface area contributed by atoms with Crippen molar-refractivity contribution in [1.29, 1.82) is 0 Å². The van der Waals surface area contributed by atoms with Crippen LogP contribution in [-0.2, 0) is 16.4 Å². The second-order valence-electron chi connectivity index (χ2n) is 7.89. The van der Waals surface area contributed by atoms with E-state index in [1.54, 1.807) is 16.8 Å². The fourth-order valence-electron chi connectivity index (χ4n) is 3.97. The van der Waals surface area contributed by atoms with Crippen molar-refractivity contribution < 1.29 is 12.8 Å². The lowest BCUT2D eigenvalue weighted by Gasteiger charge is -2.23. The van der Waals surface area contributed by atoms with Gasteiger partial charge in [-0.2, -0.15) is 5.10 Å². The number of nitrogens with zero attached hydrogens (tertiary/aromatic N) is 6. The molecule has 0 N–H and O–H groups in total. The molecule has 31 heavy (non-hydrogen) atoms. The highest BCUT2D eigenvalue weighted by molar-refractivity contribution is 7.88. The van der Waals surface area contributed by atoms with Crippen LogP contribution >= 0.6 is 0 Å². The third-order valence-corrected chi connectivity index (χ3v) is 6.80. The Bertz CT molecular complexity index is 1190. The molecule has 0 saturated carbocycles. The van der Waals surface area contributed by atoms with Gasteiger partial charge in [0.15, 0.2) is 5.65 Å². The summed E-state index contributed by atoms with van der Waals surface area (Å²) < 4.78 is 40.7. The van der Waals surface area contributed by atoms with Crippen LogP contribution < -0.4 is 4.90 Å². The van der Waals surface area contributed by atoms with Crippen LogP contribution in [0.15, 0.2) is 24.3 Å². The number of aromatic nitrogens is 4. The lowest BCUT2D eigenvalue weighted by Crippen LogP contribution is -2.34. The Morgan fingerprint density at radius 3 is 2.48 bits per heavy atom. The van der Waals surface area contributed by atoms with E-state index in [2.05, 4.69) is 16.9 Å². The van der Waals surface area contributed by atoms with E-state index in [-0.39, 0.29) is 5.82 Å². The van der Waals surface area contributed by atoms with Crippen LogP contribution in [0.3, 0.4) is 0 Å². The van der Waals surface area contributed by atoms with Gasteiger partial charge in [-0.05, 0) is 44.0 Å². The smallest absolute Gasteiger partial charge is 0.211 e. The van der Waals surface area contributed by atoms with E-state index in [4.69, 9.17) is 9.97 Å². The number of hydrogen-bond donors (Lipinski definition) is 0. The molecule has 4 rings (SSSR count). The van der Waals surface area contributed by atoms with Gasteiger partial charge in [0.05, 0.1) is 23.0 Å². The van der Waals surface area contributed by atoms with Crippen LogP contribution in [0, 0.1) is 12.7 Å². The number of hydrogen-bond acceptors (Lipinski definition) is 6. The van der Waals surface area contributed by atoms with Gasteiger partial charge >= 0.3 is 0 Å². The minimum absolute atomic E-state index is 0.307. The van der Waals surface area contributed by atoms with Gasteiger partial charge in [0.25, 0.3) is 0 Å². The van der Waals surface area contributed by atoms with Crippen molar-refractivity contribution in [2.45, 2.75) is 33.1 Å². The Labute approximate surface area is 181 Å². The van der Waals surface area contributed by atoms with Gasteiger partial charge in [-0.25, -0.2) is 31.8 Å². The van der Waals surface area contributed by atoms with Crippen molar-refractivity contribution in [3.63, 3.8) is 0 Å². The molecule has 0 bridgehead atoms. The van der Waals surface area contributed by atoms with E-state index in [1.807, 2.05) is 6.92 Å². The molecule has 0 amide bonds. The number of anilines is 1. The van der Waals surface area contributed by atoms with Crippen LogP contribution in [0.2, 0.25) is 0 Å². The Morgan fingerprint density at radius 2 is 1.81 bits per heavy atom.